The van der Waals surface area contributed by atoms with Crippen molar-refractivity contribution in [3.8, 4) is 0 Å². The highest BCUT2D eigenvalue weighted by molar-refractivity contribution is 6.38. The summed E-state index contributed by atoms with van der Waals surface area (Å²) < 4.78 is 11.2. The Morgan fingerprint density at radius 2 is 1.76 bits per heavy atom. The second-order valence-corrected chi connectivity index (χ2v) is 15.0. The summed E-state index contributed by atoms with van der Waals surface area (Å²) in [6.07, 6.45) is 10.4. The molecule has 3 unspecified atom stereocenters. The van der Waals surface area contributed by atoms with Gasteiger partial charge in [-0.2, -0.15) is 0 Å². The molecule has 0 saturated heterocycles. The predicted octanol–water partition coefficient (Wildman–Crippen LogP) is 5.70. The highest BCUT2D eigenvalue weighted by Gasteiger charge is 2.81. The van der Waals surface area contributed by atoms with Crippen LogP contribution in [0.5, 0.6) is 0 Å². The number of Topliss-reactive ketones (excluding diaryl/α,β-unsaturated/α-hetero) is 2. The monoisotopic (exact) mass is 580 g/mol. The second kappa shape index (κ2) is 10.3. The van der Waals surface area contributed by atoms with Crippen molar-refractivity contribution in [1.82, 2.24) is 0 Å². The Hall–Kier alpha value is -2.57. The quantitative estimate of drug-likeness (QED) is 0.196. The Bertz CT molecular complexity index is 1250. The fourth-order valence-corrected chi connectivity index (χ4v) is 10.9. The SMILES string of the molecule is C=CC(=O)OC[C@H](C)C(C)C(=O)C(=O)[C@@H](C)[C@H]1[C@@H](OC(C)=O)C[C@@]2(C)C3CCC4[C@H](C)C(=O)C=C[C@@]45C[C@@]35CC[C@]12C. The number of ketones is 3. The van der Waals surface area contributed by atoms with Gasteiger partial charge in [-0.25, -0.2) is 4.79 Å². The fourth-order valence-electron chi connectivity index (χ4n) is 10.9. The lowest BCUT2D eigenvalue weighted by Crippen LogP contribution is -2.55. The van der Waals surface area contributed by atoms with Crippen molar-refractivity contribution in [2.75, 3.05) is 6.61 Å². The summed E-state index contributed by atoms with van der Waals surface area (Å²) in [5, 5.41) is 0. The molecule has 4 saturated carbocycles. The first kappa shape index (κ1) is 30.9. The molecule has 0 heterocycles. The first-order chi connectivity index (χ1) is 19.6. The lowest BCUT2D eigenvalue weighted by Gasteiger charge is -2.60. The molecule has 0 amide bonds. The predicted molar refractivity (Wildman–Crippen MR) is 157 cm³/mol. The summed E-state index contributed by atoms with van der Waals surface area (Å²) in [7, 11) is 0. The van der Waals surface area contributed by atoms with Crippen molar-refractivity contribution in [2.45, 2.75) is 93.1 Å². The first-order valence-electron chi connectivity index (χ1n) is 15.9. The molecular formula is C35H48O7. The Labute approximate surface area is 250 Å². The van der Waals surface area contributed by atoms with E-state index in [1.54, 1.807) is 13.8 Å². The molecule has 230 valence electrons. The number of ether oxygens (including phenoxy) is 2. The van der Waals surface area contributed by atoms with Gasteiger partial charge in [0.05, 0.1) is 6.61 Å². The van der Waals surface area contributed by atoms with Crippen LogP contribution in [-0.2, 0) is 33.4 Å². The Balaban J connectivity index is 1.43. The first-order valence-corrected chi connectivity index (χ1v) is 15.9. The molecule has 0 aromatic rings. The van der Waals surface area contributed by atoms with E-state index in [1.807, 2.05) is 13.0 Å². The molecule has 0 aromatic carbocycles. The summed E-state index contributed by atoms with van der Waals surface area (Å²) >= 11 is 0. The van der Waals surface area contributed by atoms with Gasteiger partial charge in [0.15, 0.2) is 5.78 Å². The van der Waals surface area contributed by atoms with Crippen LogP contribution < -0.4 is 0 Å². The number of fused-ring (bicyclic) bond motifs is 2. The molecule has 5 aliphatic rings. The van der Waals surface area contributed by atoms with Crippen LogP contribution in [0.1, 0.15) is 87.0 Å². The smallest absolute Gasteiger partial charge is 0.330 e. The van der Waals surface area contributed by atoms with E-state index < -0.39 is 35.5 Å². The van der Waals surface area contributed by atoms with Gasteiger partial charge in [0, 0.05) is 42.6 Å². The molecule has 0 N–H and O–H groups in total. The zero-order valence-electron chi connectivity index (χ0n) is 26.4. The molecule has 5 rings (SSSR count). The van der Waals surface area contributed by atoms with Gasteiger partial charge in [-0.15, -0.1) is 0 Å². The van der Waals surface area contributed by atoms with Gasteiger partial charge in [0.2, 0.25) is 11.6 Å². The largest absolute Gasteiger partial charge is 0.462 e. The van der Waals surface area contributed by atoms with Gasteiger partial charge in [-0.1, -0.05) is 54.2 Å². The molecule has 0 bridgehead atoms. The molecule has 0 aromatic heterocycles. The van der Waals surface area contributed by atoms with Crippen molar-refractivity contribution < 1.29 is 33.4 Å². The molecule has 2 spiro atoms. The van der Waals surface area contributed by atoms with E-state index in [2.05, 4.69) is 33.4 Å². The summed E-state index contributed by atoms with van der Waals surface area (Å²) in [4.78, 5) is 63.9. The Morgan fingerprint density at radius 1 is 1.07 bits per heavy atom. The summed E-state index contributed by atoms with van der Waals surface area (Å²) in [6.45, 7) is 16.9. The van der Waals surface area contributed by atoms with Gasteiger partial charge in [0.25, 0.3) is 0 Å². The molecule has 12 atom stereocenters. The van der Waals surface area contributed by atoms with Crippen LogP contribution in [0.2, 0.25) is 0 Å². The van der Waals surface area contributed by atoms with Crippen molar-refractivity contribution in [1.29, 1.82) is 0 Å². The Kier molecular flexibility index (Phi) is 7.54. The van der Waals surface area contributed by atoms with Gasteiger partial charge < -0.3 is 9.47 Å². The number of hydrogen-bond donors (Lipinski definition) is 0. The lowest BCUT2D eigenvalue weighted by molar-refractivity contribution is -0.156. The maximum absolute atomic E-state index is 13.9. The number of hydrogen-bond acceptors (Lipinski definition) is 7. The molecule has 0 radical (unpaired) electrons. The second-order valence-electron chi connectivity index (χ2n) is 15.0. The Morgan fingerprint density at radius 3 is 2.40 bits per heavy atom. The molecule has 7 heteroatoms. The van der Waals surface area contributed by atoms with Crippen molar-refractivity contribution >= 4 is 29.3 Å². The van der Waals surface area contributed by atoms with Crippen molar-refractivity contribution in [3.05, 3.63) is 24.8 Å². The van der Waals surface area contributed by atoms with Crippen molar-refractivity contribution in [2.24, 2.45) is 63.1 Å². The third-order valence-electron chi connectivity index (χ3n) is 13.5. The molecule has 4 fully saturated rings. The van der Waals surface area contributed by atoms with Gasteiger partial charge in [0.1, 0.15) is 6.10 Å². The molecule has 0 aliphatic heterocycles. The molecule has 42 heavy (non-hydrogen) atoms. The number of esters is 2. The topological polar surface area (TPSA) is 104 Å². The molecular weight excluding hydrogens is 532 g/mol. The van der Waals surface area contributed by atoms with Gasteiger partial charge >= 0.3 is 11.9 Å². The summed E-state index contributed by atoms with van der Waals surface area (Å²) in [6, 6.07) is 0. The van der Waals surface area contributed by atoms with Crippen LogP contribution in [0.3, 0.4) is 0 Å². The number of carbonyl (C=O) groups excluding carboxylic acids is 5. The zero-order chi connectivity index (χ0) is 31.0. The minimum Gasteiger partial charge on any atom is -0.462 e. The minimum absolute atomic E-state index is 0.0277. The van der Waals surface area contributed by atoms with Crippen molar-refractivity contribution in [3.63, 3.8) is 0 Å². The average Bonchev–Trinajstić information content (AvgIpc) is 3.56. The van der Waals surface area contributed by atoms with E-state index in [9.17, 15) is 24.0 Å². The maximum atomic E-state index is 13.9. The minimum atomic E-state index is -0.621. The molecule has 5 aliphatic carbocycles. The zero-order valence-corrected chi connectivity index (χ0v) is 26.4. The van der Waals surface area contributed by atoms with Gasteiger partial charge in [-0.3, -0.25) is 19.2 Å². The number of rotatable bonds is 9. The fraction of sp³-hybridized carbons (Fsp3) is 0.743. The summed E-state index contributed by atoms with van der Waals surface area (Å²) in [5.74, 6) is -2.62. The van der Waals surface area contributed by atoms with E-state index in [0.717, 1.165) is 38.2 Å². The van der Waals surface area contributed by atoms with Crippen LogP contribution in [0.4, 0.5) is 0 Å². The lowest BCUT2D eigenvalue weighted by atomic mass is 9.43. The summed E-state index contributed by atoms with van der Waals surface area (Å²) in [5.41, 5.74) is -0.274. The van der Waals surface area contributed by atoms with E-state index in [0.29, 0.717) is 18.3 Å². The number of allylic oxidation sites excluding steroid dienone is 2. The van der Waals surface area contributed by atoms with Crippen LogP contribution in [-0.4, -0.2) is 42.0 Å². The van der Waals surface area contributed by atoms with E-state index in [1.165, 1.54) is 6.92 Å². The normalized spacial score (nSPS) is 43.4. The van der Waals surface area contributed by atoms with E-state index in [4.69, 9.17) is 9.47 Å². The van der Waals surface area contributed by atoms with Gasteiger partial charge in [-0.05, 0) is 78.1 Å². The third-order valence-corrected chi connectivity index (χ3v) is 13.5. The standard InChI is InChI=1S/C35H48O7/c1-9-28(38)41-17-19(2)20(3)30(39)31(40)22(5)29-26(42-23(6)36)16-33(8)27-11-10-24-21(4)25(37)12-13-34(24)18-35(27,34)15-14-32(29,33)7/h9,12-13,19-22,24,26-27,29H,1,10-11,14-18H2,2-8H3/t19-,20?,21-,22-,24?,26-,27?,29-,32+,33-,34+,35-/m0/s1. The highest BCUT2D eigenvalue weighted by Crippen LogP contribution is 2.87. The molecule has 7 nitrogen and oxygen atoms in total. The average molecular weight is 581 g/mol. The highest BCUT2D eigenvalue weighted by atomic mass is 16.5. The third kappa shape index (κ3) is 4.15. The van der Waals surface area contributed by atoms with Crippen LogP contribution in [0, 0.1) is 63.1 Å². The van der Waals surface area contributed by atoms with E-state index in [-0.39, 0.29) is 57.8 Å². The van der Waals surface area contributed by atoms with Crippen LogP contribution in [0.25, 0.3) is 0 Å². The van der Waals surface area contributed by atoms with E-state index >= 15 is 0 Å². The number of carbonyl (C=O) groups is 5. The van der Waals surface area contributed by atoms with Crippen LogP contribution in [0.15, 0.2) is 24.8 Å². The van der Waals surface area contributed by atoms with Crippen LogP contribution >= 0.6 is 0 Å². The maximum Gasteiger partial charge on any atom is 0.330 e.